The fourth-order valence-electron chi connectivity index (χ4n) is 3.79. The van der Waals surface area contributed by atoms with Crippen molar-refractivity contribution in [1.29, 1.82) is 0 Å². The van der Waals surface area contributed by atoms with Crippen LogP contribution in [0.25, 0.3) is 11.1 Å². The second-order valence-corrected chi connectivity index (χ2v) is 8.09. The van der Waals surface area contributed by atoms with E-state index < -0.39 is 0 Å². The van der Waals surface area contributed by atoms with E-state index in [0.717, 1.165) is 41.0 Å². The van der Waals surface area contributed by atoms with Gasteiger partial charge in [-0.05, 0) is 50.1 Å². The lowest BCUT2D eigenvalue weighted by Gasteiger charge is -2.14. The van der Waals surface area contributed by atoms with Crippen molar-refractivity contribution >= 4 is 11.9 Å². The van der Waals surface area contributed by atoms with Crippen LogP contribution in [0, 0.1) is 19.7 Å². The molecule has 0 atom stereocenters. The van der Waals surface area contributed by atoms with E-state index in [9.17, 15) is 4.39 Å². The van der Waals surface area contributed by atoms with Gasteiger partial charge in [-0.3, -0.25) is 5.14 Å². The molecule has 4 nitrogen and oxygen atoms in total. The van der Waals surface area contributed by atoms with E-state index in [1.165, 1.54) is 30.9 Å². The topological polar surface area (TPSA) is 61.3 Å². The molecular formula is C24H29FN2O2S. The van der Waals surface area contributed by atoms with Crippen LogP contribution in [0.5, 0.6) is 5.75 Å². The molecule has 1 aliphatic carbocycles. The van der Waals surface area contributed by atoms with Crippen molar-refractivity contribution in [2.24, 2.45) is 5.14 Å². The van der Waals surface area contributed by atoms with Gasteiger partial charge in [0.1, 0.15) is 18.6 Å². The molecule has 1 heterocycles. The predicted molar refractivity (Wildman–Crippen MR) is 121 cm³/mol. The van der Waals surface area contributed by atoms with Gasteiger partial charge in [-0.2, -0.15) is 0 Å². The van der Waals surface area contributed by atoms with Crippen LogP contribution in [0.15, 0.2) is 47.1 Å². The van der Waals surface area contributed by atoms with Crippen LogP contribution in [-0.2, 0) is 6.61 Å². The zero-order valence-electron chi connectivity index (χ0n) is 17.8. The molecule has 2 aromatic carbocycles. The van der Waals surface area contributed by atoms with Crippen molar-refractivity contribution < 1.29 is 13.5 Å². The Morgan fingerprint density at radius 3 is 2.63 bits per heavy atom. The molecule has 30 heavy (non-hydrogen) atoms. The highest BCUT2D eigenvalue weighted by atomic mass is 32.2. The van der Waals surface area contributed by atoms with E-state index in [2.05, 4.69) is 17.1 Å². The van der Waals surface area contributed by atoms with E-state index >= 15 is 0 Å². The first-order chi connectivity index (χ1) is 14.5. The number of aromatic nitrogens is 1. The highest BCUT2D eigenvalue weighted by molar-refractivity contribution is 7.96. The Morgan fingerprint density at radius 2 is 1.90 bits per heavy atom. The summed E-state index contributed by atoms with van der Waals surface area (Å²) in [4.78, 5) is 4.56. The van der Waals surface area contributed by atoms with Crippen LogP contribution >= 0.6 is 11.9 Å². The SMILES string of the molecule is CSN.Cc1ccc(C)c(-c2cccc(F)c2OCc2coc(C3CCCC3)n2)c1. The van der Waals surface area contributed by atoms with E-state index in [1.807, 2.05) is 32.2 Å². The van der Waals surface area contributed by atoms with Gasteiger partial charge in [0.15, 0.2) is 17.5 Å². The van der Waals surface area contributed by atoms with Gasteiger partial charge >= 0.3 is 0 Å². The summed E-state index contributed by atoms with van der Waals surface area (Å²) in [7, 11) is 0. The quantitative estimate of drug-likeness (QED) is 0.467. The third-order valence-corrected chi connectivity index (χ3v) is 5.29. The minimum atomic E-state index is -0.368. The molecule has 160 valence electrons. The van der Waals surface area contributed by atoms with Gasteiger partial charge in [-0.15, -0.1) is 0 Å². The van der Waals surface area contributed by atoms with Crippen LogP contribution in [-0.4, -0.2) is 11.2 Å². The lowest BCUT2D eigenvalue weighted by atomic mass is 9.97. The standard InChI is InChI=1S/C23H24FNO2.CH5NS/c1-15-10-11-16(2)20(12-15)19-8-5-9-21(24)22(19)26-13-18-14-27-23(25-18)17-6-3-4-7-17;1-3-2/h5,8-12,14,17H,3-4,6-7,13H2,1-2H3;2H2,1H3. The Morgan fingerprint density at radius 1 is 1.17 bits per heavy atom. The van der Waals surface area contributed by atoms with Crippen LogP contribution in [0.2, 0.25) is 0 Å². The molecule has 0 saturated heterocycles. The van der Waals surface area contributed by atoms with Gasteiger partial charge in [-0.1, -0.05) is 60.7 Å². The number of rotatable bonds is 5. The molecule has 2 N–H and O–H groups in total. The molecule has 0 unspecified atom stereocenters. The fourth-order valence-corrected chi connectivity index (χ4v) is 3.79. The van der Waals surface area contributed by atoms with Gasteiger partial charge < -0.3 is 9.15 Å². The van der Waals surface area contributed by atoms with E-state index in [0.29, 0.717) is 11.6 Å². The first kappa shape index (κ1) is 22.4. The lowest BCUT2D eigenvalue weighted by Crippen LogP contribution is -2.01. The maximum Gasteiger partial charge on any atom is 0.197 e. The third kappa shape index (κ3) is 5.43. The molecule has 0 aliphatic heterocycles. The second kappa shape index (κ2) is 10.6. The average Bonchev–Trinajstić information content (AvgIpc) is 3.41. The van der Waals surface area contributed by atoms with Crippen molar-refractivity contribution in [2.45, 2.75) is 52.1 Å². The predicted octanol–water partition coefficient (Wildman–Crippen LogP) is 6.56. The Balaban J connectivity index is 0.000000806. The maximum absolute atomic E-state index is 14.6. The number of nitrogens with two attached hydrogens (primary N) is 1. The Hall–Kier alpha value is -2.31. The number of ether oxygens (including phenoxy) is 1. The highest BCUT2D eigenvalue weighted by Crippen LogP contribution is 2.36. The molecular weight excluding hydrogens is 399 g/mol. The zero-order chi connectivity index (χ0) is 21.5. The van der Waals surface area contributed by atoms with E-state index in [-0.39, 0.29) is 18.2 Å². The zero-order valence-corrected chi connectivity index (χ0v) is 18.6. The number of hydrogen-bond acceptors (Lipinski definition) is 5. The summed E-state index contributed by atoms with van der Waals surface area (Å²) in [5.41, 5.74) is 4.66. The van der Waals surface area contributed by atoms with Crippen molar-refractivity contribution in [1.82, 2.24) is 4.98 Å². The van der Waals surface area contributed by atoms with Crippen LogP contribution in [0.4, 0.5) is 4.39 Å². The molecule has 3 aromatic rings. The molecule has 0 spiro atoms. The number of benzene rings is 2. The molecule has 1 saturated carbocycles. The molecule has 0 bridgehead atoms. The normalized spacial score (nSPS) is 13.8. The summed E-state index contributed by atoms with van der Waals surface area (Å²) in [6.07, 6.45) is 8.17. The summed E-state index contributed by atoms with van der Waals surface area (Å²) in [5.74, 6) is 1.09. The van der Waals surface area contributed by atoms with Crippen molar-refractivity contribution in [3.05, 3.63) is 71.2 Å². The molecule has 0 amide bonds. The fraction of sp³-hybridized carbons (Fsp3) is 0.375. The second-order valence-electron chi connectivity index (χ2n) is 7.62. The van der Waals surface area contributed by atoms with Crippen LogP contribution < -0.4 is 9.88 Å². The smallest absolute Gasteiger partial charge is 0.197 e. The maximum atomic E-state index is 14.6. The van der Waals surface area contributed by atoms with Crippen molar-refractivity contribution in [3.63, 3.8) is 0 Å². The van der Waals surface area contributed by atoms with E-state index in [4.69, 9.17) is 14.3 Å². The molecule has 6 heteroatoms. The average molecular weight is 429 g/mol. The molecule has 1 fully saturated rings. The summed E-state index contributed by atoms with van der Waals surface area (Å²) < 4.78 is 26.1. The van der Waals surface area contributed by atoms with Gasteiger partial charge in [-0.25, -0.2) is 9.37 Å². The minimum Gasteiger partial charge on any atom is -0.483 e. The van der Waals surface area contributed by atoms with Gasteiger partial charge in [0, 0.05) is 11.5 Å². The van der Waals surface area contributed by atoms with Crippen molar-refractivity contribution in [3.8, 4) is 16.9 Å². The summed E-state index contributed by atoms with van der Waals surface area (Å²) in [6, 6.07) is 11.2. The Kier molecular flexibility index (Phi) is 7.94. The monoisotopic (exact) mass is 428 g/mol. The molecule has 4 rings (SSSR count). The Bertz CT molecular complexity index is 968. The van der Waals surface area contributed by atoms with Crippen LogP contribution in [0.1, 0.15) is 54.3 Å². The minimum absolute atomic E-state index is 0.190. The summed E-state index contributed by atoms with van der Waals surface area (Å²) in [6.45, 7) is 4.24. The van der Waals surface area contributed by atoms with E-state index in [1.54, 1.807) is 12.3 Å². The van der Waals surface area contributed by atoms with Crippen LogP contribution in [0.3, 0.4) is 0 Å². The lowest BCUT2D eigenvalue weighted by molar-refractivity contribution is 0.287. The summed E-state index contributed by atoms with van der Waals surface area (Å²) in [5, 5.41) is 4.76. The highest BCUT2D eigenvalue weighted by Gasteiger charge is 2.22. The number of oxazole rings is 1. The van der Waals surface area contributed by atoms with Gasteiger partial charge in [0.25, 0.3) is 0 Å². The first-order valence-electron chi connectivity index (χ1n) is 10.2. The van der Waals surface area contributed by atoms with Crippen molar-refractivity contribution in [2.75, 3.05) is 6.26 Å². The number of halogens is 1. The number of nitrogens with zero attached hydrogens (tertiary/aromatic N) is 1. The number of aryl methyl sites for hydroxylation is 2. The van der Waals surface area contributed by atoms with Gasteiger partial charge in [0.05, 0.1) is 0 Å². The molecule has 1 aliphatic rings. The largest absolute Gasteiger partial charge is 0.483 e. The molecule has 0 radical (unpaired) electrons. The summed E-state index contributed by atoms with van der Waals surface area (Å²) >= 11 is 1.25. The first-order valence-corrected chi connectivity index (χ1v) is 11.5. The Labute approximate surface area is 182 Å². The number of para-hydroxylation sites is 1. The third-order valence-electron chi connectivity index (χ3n) is 5.29. The van der Waals surface area contributed by atoms with Gasteiger partial charge in [0.2, 0.25) is 0 Å². The number of hydrogen-bond donors (Lipinski definition) is 1. The molecule has 1 aromatic heterocycles.